The quantitative estimate of drug-likeness (QED) is 0.149. The van der Waals surface area contributed by atoms with Crippen molar-refractivity contribution in [2.24, 2.45) is 0 Å². The molecule has 0 unspecified atom stereocenters. The molecule has 1 heterocycles. The molecule has 1 aromatic heterocycles. The molecule has 2 nitrogen and oxygen atoms in total. The van der Waals surface area contributed by atoms with E-state index in [2.05, 4.69) is 0 Å². The van der Waals surface area contributed by atoms with Gasteiger partial charge in [-0.2, -0.15) is 0 Å². The Bertz CT molecular complexity index is 4490. The average molecular weight is 806 g/mol. The first-order chi connectivity index (χ1) is 37.4. The molecule has 290 valence electrons. The van der Waals surface area contributed by atoms with Gasteiger partial charge in [-0.1, -0.05) is 188 Å². The van der Waals surface area contributed by atoms with Crippen molar-refractivity contribution in [3.8, 4) is 44.5 Å². The van der Waals surface area contributed by atoms with Gasteiger partial charge in [0.25, 0.3) is 0 Å². The standard InChI is InChI=1S/C60H39NO/c1-3-13-50-42(10-1)12-7-16-51(50)44-24-22-40(23-25-44)41-26-33-47(34-27-41)61(49-37-30-46(31-38-49)54-18-9-21-59-60(54)57-15-5-6-20-58(57)62-59)48-35-28-45(29-36-48)53-17-8-19-55-52-14-4-2-11-43(52)32-39-56(53)55/h1-39H/i22D,23D,24D,25D,26D,27D,28D,29D,30D,31D,33D,34D,35D,36D,37D,38D. The molecule has 0 fully saturated rings. The molecule has 0 amide bonds. The first-order valence-electron chi connectivity index (χ1n) is 28.0. The van der Waals surface area contributed by atoms with Crippen LogP contribution in [0.15, 0.2) is 241 Å². The number of nitrogens with zero attached hydrogens (tertiary/aromatic N) is 1. The first kappa shape index (κ1) is 23.0. The van der Waals surface area contributed by atoms with Gasteiger partial charge < -0.3 is 9.32 Å². The van der Waals surface area contributed by atoms with Crippen LogP contribution >= 0.6 is 0 Å². The van der Waals surface area contributed by atoms with Gasteiger partial charge in [0.05, 0.1) is 21.9 Å². The molecule has 62 heavy (non-hydrogen) atoms. The Labute approximate surface area is 382 Å². The molecule has 12 rings (SSSR count). The monoisotopic (exact) mass is 805 g/mol. The van der Waals surface area contributed by atoms with Gasteiger partial charge in [-0.05, 0) is 125 Å². The van der Waals surface area contributed by atoms with E-state index in [9.17, 15) is 21.9 Å². The van der Waals surface area contributed by atoms with E-state index in [1.807, 2.05) is 60.7 Å². The lowest BCUT2D eigenvalue weighted by Crippen LogP contribution is -2.09. The van der Waals surface area contributed by atoms with Crippen molar-refractivity contribution >= 4 is 71.3 Å². The van der Waals surface area contributed by atoms with Gasteiger partial charge in [-0.25, -0.2) is 0 Å². The van der Waals surface area contributed by atoms with Gasteiger partial charge in [0.1, 0.15) is 11.2 Å². The minimum absolute atomic E-state index is 0.0590. The molecule has 11 aromatic carbocycles. The third-order valence-corrected chi connectivity index (χ3v) is 11.2. The molecule has 0 saturated heterocycles. The van der Waals surface area contributed by atoms with E-state index in [4.69, 9.17) is 4.42 Å². The lowest BCUT2D eigenvalue weighted by molar-refractivity contribution is 0.669. The molecule has 2 heteroatoms. The van der Waals surface area contributed by atoms with Gasteiger partial charge in [-0.15, -0.1) is 0 Å². The highest BCUT2D eigenvalue weighted by molar-refractivity contribution is 6.13. The zero-order valence-corrected chi connectivity index (χ0v) is 32.6. The third-order valence-electron chi connectivity index (χ3n) is 11.2. The van der Waals surface area contributed by atoms with E-state index >= 15 is 0 Å². The predicted molar refractivity (Wildman–Crippen MR) is 263 cm³/mol. The third kappa shape index (κ3) is 6.12. The molecular formula is C60H39NO. The second-order valence-corrected chi connectivity index (χ2v) is 14.7. The molecule has 0 aliphatic rings. The fourth-order valence-electron chi connectivity index (χ4n) is 8.24. The maximum absolute atomic E-state index is 9.77. The summed E-state index contributed by atoms with van der Waals surface area (Å²) in [5.74, 6) is 0. The molecule has 0 N–H and O–H groups in total. The van der Waals surface area contributed by atoms with Crippen LogP contribution in [0.1, 0.15) is 21.9 Å². The number of fused-ring (bicyclic) bond motifs is 7. The molecule has 0 bridgehead atoms. The van der Waals surface area contributed by atoms with Gasteiger partial charge in [0, 0.05) is 27.8 Å². The van der Waals surface area contributed by atoms with Crippen LogP contribution in [0, 0.1) is 0 Å². The Hall–Kier alpha value is -8.20. The highest BCUT2D eigenvalue weighted by Crippen LogP contribution is 2.41. The summed E-state index contributed by atoms with van der Waals surface area (Å²) in [6, 6.07) is 29.3. The number of hydrogen-bond donors (Lipinski definition) is 0. The van der Waals surface area contributed by atoms with E-state index in [0.29, 0.717) is 48.7 Å². The maximum atomic E-state index is 9.77. The highest BCUT2D eigenvalue weighted by Gasteiger charge is 2.17. The van der Waals surface area contributed by atoms with Crippen LogP contribution in [0.5, 0.6) is 0 Å². The van der Waals surface area contributed by atoms with Crippen molar-refractivity contribution in [1.82, 2.24) is 0 Å². The normalized spacial score (nSPS) is 15.2. The summed E-state index contributed by atoms with van der Waals surface area (Å²) in [6.07, 6.45) is 0. The molecule has 0 radical (unpaired) electrons. The molecule has 12 aromatic rings. The van der Waals surface area contributed by atoms with E-state index in [0.717, 1.165) is 21.5 Å². The van der Waals surface area contributed by atoms with Crippen molar-refractivity contribution in [3.63, 3.8) is 0 Å². The van der Waals surface area contributed by atoms with Gasteiger partial charge in [0.15, 0.2) is 0 Å². The number of benzene rings is 11. The van der Waals surface area contributed by atoms with Crippen molar-refractivity contribution < 1.29 is 26.3 Å². The van der Waals surface area contributed by atoms with Crippen LogP contribution in [0.4, 0.5) is 17.1 Å². The SMILES string of the molecule is [2H]c1c([2H])c(-c2cccc3ccccc23)c([2H])c([2H])c1-c1c([2H])c([2H])c(N(c2c([2H])c([2H])c(-c3cccc4c3ccc3ccccc34)c([2H])c2[2H])c2c([2H])c([2H])c(-c3cccc4oc5ccccc5c34)c([2H])c2[2H])c([2H])c1[2H]. The number of rotatable bonds is 7. The maximum Gasteiger partial charge on any atom is 0.136 e. The molecule has 0 atom stereocenters. The second-order valence-electron chi connectivity index (χ2n) is 14.7. The Kier molecular flexibility index (Phi) is 5.49. The first-order valence-corrected chi connectivity index (χ1v) is 20.0. The van der Waals surface area contributed by atoms with E-state index < -0.39 is 125 Å². The minimum atomic E-state index is -0.960. The lowest BCUT2D eigenvalue weighted by Gasteiger charge is -2.26. The van der Waals surface area contributed by atoms with Crippen LogP contribution in [0.3, 0.4) is 0 Å². The van der Waals surface area contributed by atoms with Crippen LogP contribution in [0.25, 0.3) is 98.8 Å². The molecule has 0 spiro atoms. The zero-order valence-electron chi connectivity index (χ0n) is 48.6. The fraction of sp³-hybridized carbons (Fsp3) is 0. The number of furan rings is 1. The van der Waals surface area contributed by atoms with Crippen molar-refractivity contribution in [3.05, 3.63) is 236 Å². The van der Waals surface area contributed by atoms with Crippen molar-refractivity contribution in [1.29, 1.82) is 0 Å². The van der Waals surface area contributed by atoms with Crippen LogP contribution in [-0.2, 0) is 0 Å². The average Bonchev–Trinajstić information content (AvgIpc) is 3.92. The van der Waals surface area contributed by atoms with E-state index in [-0.39, 0.29) is 22.3 Å². The predicted octanol–water partition coefficient (Wildman–Crippen LogP) is 17.2. The van der Waals surface area contributed by atoms with Gasteiger partial charge in [-0.3, -0.25) is 0 Å². The number of hydrogen-bond acceptors (Lipinski definition) is 2. The summed E-state index contributed by atoms with van der Waals surface area (Å²) >= 11 is 0. The summed E-state index contributed by atoms with van der Waals surface area (Å²) in [5.41, 5.74) is -1.93. The van der Waals surface area contributed by atoms with Crippen molar-refractivity contribution in [2.75, 3.05) is 4.90 Å². The molecular weight excluding hydrogens is 751 g/mol. The van der Waals surface area contributed by atoms with E-state index in [1.54, 1.807) is 78.9 Å². The highest BCUT2D eigenvalue weighted by atomic mass is 16.3. The summed E-state index contributed by atoms with van der Waals surface area (Å²) in [6.45, 7) is 0. The number of para-hydroxylation sites is 1. The van der Waals surface area contributed by atoms with E-state index in [1.165, 1.54) is 0 Å². The summed E-state index contributed by atoms with van der Waals surface area (Å²) in [5, 5.41) is 5.71. The molecule has 0 aliphatic carbocycles. The second kappa shape index (κ2) is 14.8. The summed E-state index contributed by atoms with van der Waals surface area (Å²) in [7, 11) is 0. The summed E-state index contributed by atoms with van der Waals surface area (Å²) < 4.78 is 159. The Balaban J connectivity index is 1.13. The van der Waals surface area contributed by atoms with Crippen LogP contribution < -0.4 is 4.90 Å². The Morgan fingerprint density at radius 2 is 0.710 bits per heavy atom. The number of anilines is 3. The topological polar surface area (TPSA) is 16.4 Å². The Morgan fingerprint density at radius 1 is 0.290 bits per heavy atom. The van der Waals surface area contributed by atoms with Gasteiger partial charge >= 0.3 is 0 Å². The van der Waals surface area contributed by atoms with Crippen LogP contribution in [-0.4, -0.2) is 0 Å². The zero-order chi connectivity index (χ0) is 54.9. The smallest absolute Gasteiger partial charge is 0.136 e. The van der Waals surface area contributed by atoms with Crippen LogP contribution in [0.2, 0.25) is 0 Å². The Morgan fingerprint density at radius 3 is 1.39 bits per heavy atom. The summed E-state index contributed by atoms with van der Waals surface area (Å²) in [4.78, 5) is 0.711. The molecule has 0 saturated carbocycles. The molecule has 0 aliphatic heterocycles. The largest absolute Gasteiger partial charge is 0.456 e. The van der Waals surface area contributed by atoms with Crippen molar-refractivity contribution in [2.45, 2.75) is 0 Å². The minimum Gasteiger partial charge on any atom is -0.456 e. The fourth-order valence-corrected chi connectivity index (χ4v) is 8.24. The lowest BCUT2D eigenvalue weighted by atomic mass is 9.94. The van der Waals surface area contributed by atoms with Gasteiger partial charge in [0.2, 0.25) is 0 Å².